The van der Waals surface area contributed by atoms with Crippen molar-refractivity contribution in [3.05, 3.63) is 33.3 Å². The molecule has 0 saturated heterocycles. The maximum absolute atomic E-state index is 11.4. The fourth-order valence-corrected chi connectivity index (χ4v) is 4.18. The van der Waals surface area contributed by atoms with Crippen molar-refractivity contribution in [2.24, 2.45) is 16.9 Å². The first kappa shape index (κ1) is 16.5. The maximum atomic E-state index is 11.4. The highest BCUT2D eigenvalue weighted by atomic mass is 79.9. The maximum Gasteiger partial charge on any atom is 0.217 e. The Morgan fingerprint density at radius 1 is 1.29 bits per heavy atom. The van der Waals surface area contributed by atoms with E-state index in [0.29, 0.717) is 6.42 Å². The Bertz CT molecular complexity index is 536. The van der Waals surface area contributed by atoms with E-state index in [9.17, 15) is 4.79 Å². The van der Waals surface area contributed by atoms with Crippen LogP contribution in [-0.4, -0.2) is 5.91 Å². The average molecular weight is 353 g/mol. The largest absolute Gasteiger partial charge is 0.370 e. The van der Waals surface area contributed by atoms with Crippen LogP contribution in [0.25, 0.3) is 0 Å². The van der Waals surface area contributed by atoms with Crippen molar-refractivity contribution >= 4 is 21.8 Å². The van der Waals surface area contributed by atoms with E-state index < -0.39 is 0 Å². The molecule has 1 unspecified atom stereocenters. The number of carbonyl (C=O) groups is 1. The van der Waals surface area contributed by atoms with Gasteiger partial charge >= 0.3 is 0 Å². The zero-order valence-corrected chi connectivity index (χ0v) is 14.5. The van der Waals surface area contributed by atoms with E-state index in [4.69, 9.17) is 11.5 Å². The van der Waals surface area contributed by atoms with Gasteiger partial charge in [0.2, 0.25) is 5.91 Å². The van der Waals surface area contributed by atoms with Crippen LogP contribution in [0.5, 0.6) is 0 Å². The Morgan fingerprint density at radius 3 is 2.48 bits per heavy atom. The molecule has 116 valence electrons. The molecule has 1 saturated carbocycles. The van der Waals surface area contributed by atoms with Crippen LogP contribution in [0.15, 0.2) is 16.6 Å². The summed E-state index contributed by atoms with van der Waals surface area (Å²) in [4.78, 5) is 11.4. The summed E-state index contributed by atoms with van der Waals surface area (Å²) in [6.07, 6.45) is 5.81. The average Bonchev–Trinajstić information content (AvgIpc) is 2.80. The molecule has 1 aromatic carbocycles. The predicted octanol–water partition coefficient (Wildman–Crippen LogP) is 3.89. The van der Waals surface area contributed by atoms with Gasteiger partial charge in [-0.3, -0.25) is 4.79 Å². The summed E-state index contributed by atoms with van der Waals surface area (Å²) in [7, 11) is 0. The Labute approximate surface area is 135 Å². The van der Waals surface area contributed by atoms with Gasteiger partial charge < -0.3 is 11.5 Å². The van der Waals surface area contributed by atoms with E-state index in [0.717, 1.165) is 23.7 Å². The SMILES string of the molecule is Cc1cc(C(N)CC2(CC(N)=O)CCCC2)c(C)cc1Br. The highest BCUT2D eigenvalue weighted by Gasteiger charge is 2.37. The lowest BCUT2D eigenvalue weighted by atomic mass is 9.75. The van der Waals surface area contributed by atoms with Crippen LogP contribution in [0.2, 0.25) is 0 Å². The van der Waals surface area contributed by atoms with E-state index in [-0.39, 0.29) is 17.4 Å². The van der Waals surface area contributed by atoms with E-state index in [1.807, 2.05) is 0 Å². The number of amides is 1. The van der Waals surface area contributed by atoms with Crippen LogP contribution in [0.4, 0.5) is 0 Å². The van der Waals surface area contributed by atoms with Crippen molar-refractivity contribution in [3.63, 3.8) is 0 Å². The van der Waals surface area contributed by atoms with E-state index in [1.54, 1.807) is 0 Å². The van der Waals surface area contributed by atoms with Gasteiger partial charge in [-0.05, 0) is 61.3 Å². The number of hydrogen-bond donors (Lipinski definition) is 2. The third kappa shape index (κ3) is 3.86. The van der Waals surface area contributed by atoms with Crippen molar-refractivity contribution in [1.29, 1.82) is 0 Å². The molecule has 1 aromatic rings. The van der Waals surface area contributed by atoms with Gasteiger partial charge in [-0.1, -0.05) is 34.8 Å². The number of rotatable bonds is 5. The number of halogens is 1. The highest BCUT2D eigenvalue weighted by molar-refractivity contribution is 9.10. The topological polar surface area (TPSA) is 69.1 Å². The number of carbonyl (C=O) groups excluding carboxylic acids is 1. The number of nitrogens with two attached hydrogens (primary N) is 2. The first-order valence-corrected chi connectivity index (χ1v) is 8.43. The van der Waals surface area contributed by atoms with Crippen LogP contribution in [0.1, 0.15) is 61.3 Å². The van der Waals surface area contributed by atoms with Gasteiger partial charge in [-0.25, -0.2) is 0 Å². The number of aryl methyl sites for hydroxylation is 2. The molecule has 2 rings (SSSR count). The molecule has 1 amide bonds. The summed E-state index contributed by atoms with van der Waals surface area (Å²) >= 11 is 3.56. The molecule has 4 N–H and O–H groups in total. The van der Waals surface area contributed by atoms with Crippen LogP contribution >= 0.6 is 15.9 Å². The minimum atomic E-state index is -0.201. The van der Waals surface area contributed by atoms with Crippen molar-refractivity contribution in [1.82, 2.24) is 0 Å². The van der Waals surface area contributed by atoms with Gasteiger partial charge in [0, 0.05) is 16.9 Å². The van der Waals surface area contributed by atoms with Crippen molar-refractivity contribution in [2.45, 2.75) is 58.4 Å². The lowest BCUT2D eigenvalue weighted by molar-refractivity contribution is -0.120. The molecule has 1 atom stereocenters. The molecular formula is C17H25BrN2O. The number of hydrogen-bond acceptors (Lipinski definition) is 2. The van der Waals surface area contributed by atoms with Gasteiger partial charge in [0.05, 0.1) is 0 Å². The van der Waals surface area contributed by atoms with Gasteiger partial charge in [0.25, 0.3) is 0 Å². The molecule has 4 heteroatoms. The van der Waals surface area contributed by atoms with Crippen LogP contribution in [0.3, 0.4) is 0 Å². The van der Waals surface area contributed by atoms with E-state index in [2.05, 4.69) is 41.9 Å². The summed E-state index contributed by atoms with van der Waals surface area (Å²) < 4.78 is 1.11. The molecule has 0 bridgehead atoms. The molecule has 0 spiro atoms. The normalized spacial score (nSPS) is 18.7. The van der Waals surface area contributed by atoms with Gasteiger partial charge in [-0.15, -0.1) is 0 Å². The molecule has 1 fully saturated rings. The number of benzene rings is 1. The Balaban J connectivity index is 2.21. The van der Waals surface area contributed by atoms with Crippen LogP contribution in [-0.2, 0) is 4.79 Å². The summed E-state index contributed by atoms with van der Waals surface area (Å²) in [5, 5.41) is 0. The second-order valence-electron chi connectivity index (χ2n) is 6.62. The van der Waals surface area contributed by atoms with Crippen molar-refractivity contribution in [3.8, 4) is 0 Å². The van der Waals surface area contributed by atoms with Crippen molar-refractivity contribution < 1.29 is 4.79 Å². The lowest BCUT2D eigenvalue weighted by Gasteiger charge is -2.31. The fraction of sp³-hybridized carbons (Fsp3) is 0.588. The Hall–Kier alpha value is -0.870. The molecule has 1 aliphatic carbocycles. The van der Waals surface area contributed by atoms with Crippen LogP contribution in [0, 0.1) is 19.3 Å². The lowest BCUT2D eigenvalue weighted by Crippen LogP contribution is -2.30. The first-order valence-electron chi connectivity index (χ1n) is 7.63. The Kier molecular flexibility index (Phi) is 5.10. The standard InChI is InChI=1S/C17H25BrN2O/c1-11-8-14(18)12(2)7-13(11)15(19)9-17(10-16(20)21)5-3-4-6-17/h7-8,15H,3-6,9-10,19H2,1-2H3,(H2,20,21). The predicted molar refractivity (Wildman–Crippen MR) is 89.9 cm³/mol. The minimum absolute atomic E-state index is 0.0126. The highest BCUT2D eigenvalue weighted by Crippen LogP contribution is 2.47. The molecule has 0 heterocycles. The molecule has 3 nitrogen and oxygen atoms in total. The van der Waals surface area contributed by atoms with Gasteiger partial charge in [0.1, 0.15) is 0 Å². The molecule has 21 heavy (non-hydrogen) atoms. The molecule has 0 aromatic heterocycles. The Morgan fingerprint density at radius 2 is 1.90 bits per heavy atom. The van der Waals surface area contributed by atoms with Gasteiger partial charge in [0.15, 0.2) is 0 Å². The van der Waals surface area contributed by atoms with Gasteiger partial charge in [-0.2, -0.15) is 0 Å². The fourth-order valence-electron chi connectivity index (χ4n) is 3.73. The zero-order chi connectivity index (χ0) is 15.6. The molecule has 1 aliphatic rings. The minimum Gasteiger partial charge on any atom is -0.370 e. The monoisotopic (exact) mass is 352 g/mol. The molecular weight excluding hydrogens is 328 g/mol. The molecule has 0 radical (unpaired) electrons. The molecule has 0 aliphatic heterocycles. The summed E-state index contributed by atoms with van der Waals surface area (Å²) in [5.74, 6) is -0.201. The zero-order valence-electron chi connectivity index (χ0n) is 12.9. The summed E-state index contributed by atoms with van der Waals surface area (Å²) in [6.45, 7) is 4.17. The van der Waals surface area contributed by atoms with Crippen molar-refractivity contribution in [2.75, 3.05) is 0 Å². The second kappa shape index (κ2) is 6.49. The second-order valence-corrected chi connectivity index (χ2v) is 7.47. The summed E-state index contributed by atoms with van der Waals surface area (Å²) in [6, 6.07) is 4.26. The van der Waals surface area contributed by atoms with E-state index >= 15 is 0 Å². The third-order valence-electron chi connectivity index (χ3n) is 4.81. The third-order valence-corrected chi connectivity index (χ3v) is 5.67. The first-order chi connectivity index (χ1) is 9.83. The summed E-state index contributed by atoms with van der Waals surface area (Å²) in [5.41, 5.74) is 15.5. The quantitative estimate of drug-likeness (QED) is 0.843. The van der Waals surface area contributed by atoms with Crippen LogP contribution < -0.4 is 11.5 Å². The number of primary amides is 1. The smallest absolute Gasteiger partial charge is 0.217 e. The van der Waals surface area contributed by atoms with E-state index in [1.165, 1.54) is 29.5 Å².